The minimum atomic E-state index is 0.799. The third kappa shape index (κ3) is 2.33. The van der Waals surface area contributed by atoms with Gasteiger partial charge in [-0.05, 0) is 43.2 Å². The summed E-state index contributed by atoms with van der Waals surface area (Å²) in [6.07, 6.45) is 7.04. The number of piperidine rings is 1. The number of nitrogens with zero attached hydrogens (tertiary/aromatic N) is 1. The SMILES string of the molecule is CC[C@H]1CN(C2CCC2)CCC1c1ccccc1. The molecule has 1 aliphatic carbocycles. The van der Waals surface area contributed by atoms with E-state index in [1.807, 2.05) is 0 Å². The van der Waals surface area contributed by atoms with Gasteiger partial charge in [-0.3, -0.25) is 0 Å². The Labute approximate surface area is 111 Å². The van der Waals surface area contributed by atoms with Gasteiger partial charge in [-0.1, -0.05) is 50.1 Å². The lowest BCUT2D eigenvalue weighted by atomic mass is 9.77. The summed E-state index contributed by atoms with van der Waals surface area (Å²) in [6.45, 7) is 5.02. The van der Waals surface area contributed by atoms with Crippen LogP contribution < -0.4 is 0 Å². The predicted molar refractivity (Wildman–Crippen MR) is 76.8 cm³/mol. The molecule has 2 aliphatic rings. The molecule has 1 unspecified atom stereocenters. The summed E-state index contributed by atoms with van der Waals surface area (Å²) in [5.74, 6) is 1.66. The Hall–Kier alpha value is -0.820. The molecule has 1 heteroatoms. The molecule has 1 aromatic carbocycles. The maximum atomic E-state index is 2.77. The van der Waals surface area contributed by atoms with Crippen molar-refractivity contribution < 1.29 is 0 Å². The van der Waals surface area contributed by atoms with Gasteiger partial charge in [-0.2, -0.15) is 0 Å². The Balaban J connectivity index is 1.69. The van der Waals surface area contributed by atoms with Crippen molar-refractivity contribution in [1.29, 1.82) is 0 Å². The Morgan fingerprint density at radius 1 is 1.11 bits per heavy atom. The second-order valence-electron chi connectivity index (χ2n) is 6.05. The van der Waals surface area contributed by atoms with Crippen LogP contribution in [0.2, 0.25) is 0 Å². The van der Waals surface area contributed by atoms with E-state index in [0.29, 0.717) is 0 Å². The molecule has 0 bridgehead atoms. The summed E-state index contributed by atoms with van der Waals surface area (Å²) in [5, 5.41) is 0. The van der Waals surface area contributed by atoms with E-state index in [-0.39, 0.29) is 0 Å². The Kier molecular flexibility index (Phi) is 3.69. The third-order valence-electron chi connectivity index (χ3n) is 5.11. The molecule has 1 saturated heterocycles. The standard InChI is InChI=1S/C17H25N/c1-2-14-13-18(16-9-6-10-16)12-11-17(14)15-7-4-3-5-8-15/h3-5,7-8,14,16-17H,2,6,9-13H2,1H3/t14-,17?/m0/s1. The second-order valence-corrected chi connectivity index (χ2v) is 6.05. The van der Waals surface area contributed by atoms with Gasteiger partial charge in [0, 0.05) is 12.6 Å². The molecule has 1 aromatic rings. The number of benzene rings is 1. The average Bonchev–Trinajstić information content (AvgIpc) is 2.37. The molecule has 1 heterocycles. The van der Waals surface area contributed by atoms with Gasteiger partial charge in [0.25, 0.3) is 0 Å². The van der Waals surface area contributed by atoms with Gasteiger partial charge in [0.15, 0.2) is 0 Å². The summed E-state index contributed by atoms with van der Waals surface area (Å²) in [5.41, 5.74) is 1.57. The lowest BCUT2D eigenvalue weighted by molar-refractivity contribution is 0.0647. The van der Waals surface area contributed by atoms with Gasteiger partial charge in [0.2, 0.25) is 0 Å². The van der Waals surface area contributed by atoms with E-state index >= 15 is 0 Å². The van der Waals surface area contributed by atoms with Crippen molar-refractivity contribution in [2.75, 3.05) is 13.1 Å². The quantitative estimate of drug-likeness (QED) is 0.774. The Morgan fingerprint density at radius 2 is 1.89 bits per heavy atom. The highest BCUT2D eigenvalue weighted by Crippen LogP contribution is 2.37. The van der Waals surface area contributed by atoms with E-state index in [1.165, 1.54) is 45.2 Å². The van der Waals surface area contributed by atoms with Crippen molar-refractivity contribution >= 4 is 0 Å². The highest BCUT2D eigenvalue weighted by molar-refractivity contribution is 5.21. The van der Waals surface area contributed by atoms with Crippen molar-refractivity contribution in [2.45, 2.75) is 51.0 Å². The average molecular weight is 243 g/mol. The smallest absolute Gasteiger partial charge is 0.00954 e. The van der Waals surface area contributed by atoms with Gasteiger partial charge in [0.05, 0.1) is 0 Å². The van der Waals surface area contributed by atoms with Crippen LogP contribution in [0.1, 0.15) is 50.5 Å². The molecule has 0 radical (unpaired) electrons. The Morgan fingerprint density at radius 3 is 2.50 bits per heavy atom. The van der Waals surface area contributed by atoms with Crippen LogP contribution >= 0.6 is 0 Å². The number of hydrogen-bond donors (Lipinski definition) is 0. The maximum Gasteiger partial charge on any atom is 0.00954 e. The fourth-order valence-corrected chi connectivity index (χ4v) is 3.70. The van der Waals surface area contributed by atoms with Crippen LogP contribution in [-0.4, -0.2) is 24.0 Å². The van der Waals surface area contributed by atoms with Crippen LogP contribution in [0.4, 0.5) is 0 Å². The van der Waals surface area contributed by atoms with E-state index in [4.69, 9.17) is 0 Å². The molecule has 3 rings (SSSR count). The first-order valence-electron chi connectivity index (χ1n) is 7.67. The Bertz CT molecular complexity index is 368. The normalized spacial score (nSPS) is 30.1. The van der Waals surface area contributed by atoms with Gasteiger partial charge in [0.1, 0.15) is 0 Å². The predicted octanol–water partition coefficient (Wildman–Crippen LogP) is 4.05. The van der Waals surface area contributed by atoms with Gasteiger partial charge in [-0.25, -0.2) is 0 Å². The van der Waals surface area contributed by atoms with Gasteiger partial charge in [-0.15, -0.1) is 0 Å². The summed E-state index contributed by atoms with van der Waals surface area (Å²) < 4.78 is 0. The second kappa shape index (κ2) is 5.44. The van der Waals surface area contributed by atoms with Crippen molar-refractivity contribution in [2.24, 2.45) is 5.92 Å². The molecule has 0 spiro atoms. The summed E-state index contributed by atoms with van der Waals surface area (Å²) in [6, 6.07) is 12.1. The molecule has 0 aromatic heterocycles. The summed E-state index contributed by atoms with van der Waals surface area (Å²) >= 11 is 0. The summed E-state index contributed by atoms with van der Waals surface area (Å²) in [4.78, 5) is 2.77. The minimum Gasteiger partial charge on any atom is -0.300 e. The zero-order chi connectivity index (χ0) is 12.4. The van der Waals surface area contributed by atoms with Crippen molar-refractivity contribution in [3.8, 4) is 0 Å². The van der Waals surface area contributed by atoms with E-state index in [2.05, 4.69) is 42.2 Å². The number of hydrogen-bond acceptors (Lipinski definition) is 1. The largest absolute Gasteiger partial charge is 0.300 e. The molecule has 1 aliphatic heterocycles. The van der Waals surface area contributed by atoms with Crippen LogP contribution in [0, 0.1) is 5.92 Å². The highest BCUT2D eigenvalue weighted by Gasteiger charge is 2.34. The molecule has 1 saturated carbocycles. The van der Waals surface area contributed by atoms with E-state index in [9.17, 15) is 0 Å². The van der Waals surface area contributed by atoms with Crippen LogP contribution in [0.5, 0.6) is 0 Å². The first-order chi connectivity index (χ1) is 8.88. The fraction of sp³-hybridized carbons (Fsp3) is 0.647. The van der Waals surface area contributed by atoms with Crippen molar-refractivity contribution in [3.05, 3.63) is 35.9 Å². The molecule has 98 valence electrons. The van der Waals surface area contributed by atoms with Crippen LogP contribution in [0.25, 0.3) is 0 Å². The maximum absolute atomic E-state index is 2.77. The van der Waals surface area contributed by atoms with E-state index in [0.717, 1.165) is 17.9 Å². The number of likely N-dealkylation sites (tertiary alicyclic amines) is 1. The van der Waals surface area contributed by atoms with Crippen molar-refractivity contribution in [3.63, 3.8) is 0 Å². The molecule has 2 fully saturated rings. The van der Waals surface area contributed by atoms with Crippen LogP contribution in [-0.2, 0) is 0 Å². The minimum absolute atomic E-state index is 0.799. The molecule has 2 atom stereocenters. The zero-order valence-electron chi connectivity index (χ0n) is 11.5. The third-order valence-corrected chi connectivity index (χ3v) is 5.11. The monoisotopic (exact) mass is 243 g/mol. The molecular formula is C17H25N. The lowest BCUT2D eigenvalue weighted by Gasteiger charge is -2.45. The van der Waals surface area contributed by atoms with Crippen LogP contribution in [0.15, 0.2) is 30.3 Å². The molecule has 0 amide bonds. The topological polar surface area (TPSA) is 3.24 Å². The fourth-order valence-electron chi connectivity index (χ4n) is 3.70. The molecule has 1 nitrogen and oxygen atoms in total. The van der Waals surface area contributed by atoms with E-state index < -0.39 is 0 Å². The molecular weight excluding hydrogens is 218 g/mol. The molecule has 18 heavy (non-hydrogen) atoms. The zero-order valence-corrected chi connectivity index (χ0v) is 11.5. The van der Waals surface area contributed by atoms with Gasteiger partial charge >= 0.3 is 0 Å². The van der Waals surface area contributed by atoms with Gasteiger partial charge < -0.3 is 4.90 Å². The lowest BCUT2D eigenvalue weighted by Crippen LogP contribution is -2.47. The van der Waals surface area contributed by atoms with Crippen molar-refractivity contribution in [1.82, 2.24) is 4.90 Å². The highest BCUT2D eigenvalue weighted by atomic mass is 15.2. The summed E-state index contributed by atoms with van der Waals surface area (Å²) in [7, 11) is 0. The first-order valence-corrected chi connectivity index (χ1v) is 7.67. The number of rotatable bonds is 3. The first kappa shape index (κ1) is 12.2. The molecule has 0 N–H and O–H groups in total. The van der Waals surface area contributed by atoms with E-state index in [1.54, 1.807) is 5.56 Å². The van der Waals surface area contributed by atoms with Crippen LogP contribution in [0.3, 0.4) is 0 Å².